The second-order valence-corrected chi connectivity index (χ2v) is 7.15. The van der Waals surface area contributed by atoms with Gasteiger partial charge in [0.1, 0.15) is 0 Å². The summed E-state index contributed by atoms with van der Waals surface area (Å²) < 4.78 is 1.70. The number of nitrogens with zero attached hydrogens (tertiary/aromatic N) is 6. The molecule has 0 aliphatic carbocycles. The topological polar surface area (TPSA) is 96.2 Å². The number of hydrogen-bond donors (Lipinski definition) is 1. The minimum Gasteiger partial charge on any atom is -0.341 e. The Morgan fingerprint density at radius 3 is 2.64 bits per heavy atom. The van der Waals surface area contributed by atoms with Crippen LogP contribution in [-0.2, 0) is 11.3 Å². The second-order valence-electron chi connectivity index (χ2n) is 7.15. The molecule has 1 saturated heterocycles. The zero-order chi connectivity index (χ0) is 20.1. The average molecular weight is 385 g/mol. The van der Waals surface area contributed by atoms with Gasteiger partial charge in [-0.25, -0.2) is 9.48 Å². The Labute approximate surface area is 164 Å². The van der Waals surface area contributed by atoms with Gasteiger partial charge in [0.15, 0.2) is 5.82 Å². The van der Waals surface area contributed by atoms with Crippen molar-refractivity contribution < 1.29 is 9.59 Å². The van der Waals surface area contributed by atoms with Crippen LogP contribution < -0.4 is 5.32 Å². The molecular weight excluding hydrogens is 358 g/mol. The lowest BCUT2D eigenvalue weighted by molar-refractivity contribution is -0.134. The van der Waals surface area contributed by atoms with Crippen molar-refractivity contribution in [2.75, 3.05) is 31.5 Å². The highest BCUT2D eigenvalue weighted by atomic mass is 16.2. The molecule has 9 heteroatoms. The van der Waals surface area contributed by atoms with Crippen molar-refractivity contribution >= 4 is 17.6 Å². The van der Waals surface area contributed by atoms with Crippen molar-refractivity contribution in [2.45, 2.75) is 33.7 Å². The molecule has 0 atom stereocenters. The fraction of sp³-hybridized carbons (Fsp3) is 0.526. The zero-order valence-electron chi connectivity index (χ0n) is 16.6. The molecule has 0 unspecified atom stereocenters. The number of amides is 3. The first-order chi connectivity index (χ1) is 13.5. The van der Waals surface area contributed by atoms with Crippen LogP contribution in [0.2, 0.25) is 0 Å². The number of carbonyl (C=O) groups is 2. The summed E-state index contributed by atoms with van der Waals surface area (Å²) >= 11 is 0. The predicted molar refractivity (Wildman–Crippen MR) is 106 cm³/mol. The number of rotatable bonds is 4. The van der Waals surface area contributed by atoms with Crippen molar-refractivity contribution in [3.63, 3.8) is 0 Å². The number of benzene rings is 1. The van der Waals surface area contributed by atoms with E-state index in [1.165, 1.54) is 0 Å². The van der Waals surface area contributed by atoms with Crippen LogP contribution in [0.1, 0.15) is 27.2 Å². The minimum atomic E-state index is -0.161. The lowest BCUT2D eigenvalue weighted by Gasteiger charge is -2.23. The van der Waals surface area contributed by atoms with Crippen LogP contribution in [0.5, 0.6) is 0 Å². The number of aromatic nitrogens is 4. The quantitative estimate of drug-likeness (QED) is 0.869. The van der Waals surface area contributed by atoms with Crippen molar-refractivity contribution in [3.8, 4) is 11.4 Å². The first-order valence-electron chi connectivity index (χ1n) is 9.71. The van der Waals surface area contributed by atoms with Crippen LogP contribution in [0, 0.1) is 5.92 Å². The number of hydrogen-bond acceptors (Lipinski definition) is 5. The van der Waals surface area contributed by atoms with E-state index in [9.17, 15) is 9.59 Å². The number of anilines is 1. The Morgan fingerprint density at radius 2 is 1.89 bits per heavy atom. The third-order valence-corrected chi connectivity index (χ3v) is 4.79. The van der Waals surface area contributed by atoms with E-state index in [4.69, 9.17) is 0 Å². The Morgan fingerprint density at radius 1 is 1.14 bits per heavy atom. The van der Waals surface area contributed by atoms with Gasteiger partial charge in [0.25, 0.3) is 0 Å². The molecule has 1 fully saturated rings. The van der Waals surface area contributed by atoms with Gasteiger partial charge in [-0.1, -0.05) is 26.0 Å². The summed E-state index contributed by atoms with van der Waals surface area (Å²) in [7, 11) is 0. The first-order valence-corrected chi connectivity index (χ1v) is 9.71. The average Bonchev–Trinajstić information content (AvgIpc) is 3.03. The molecule has 2 heterocycles. The number of aryl methyl sites for hydroxylation is 1. The number of tetrazole rings is 1. The maximum atomic E-state index is 12.7. The molecule has 0 radical (unpaired) electrons. The van der Waals surface area contributed by atoms with Gasteiger partial charge in [-0.15, -0.1) is 5.10 Å². The smallest absolute Gasteiger partial charge is 0.321 e. The summed E-state index contributed by atoms with van der Waals surface area (Å²) in [6, 6.07) is 7.32. The summed E-state index contributed by atoms with van der Waals surface area (Å²) in [5.41, 5.74) is 1.53. The van der Waals surface area contributed by atoms with Gasteiger partial charge in [0, 0.05) is 49.9 Å². The highest BCUT2D eigenvalue weighted by molar-refractivity contribution is 5.90. The lowest BCUT2D eigenvalue weighted by atomic mass is 10.2. The Bertz CT molecular complexity index is 833. The molecule has 3 rings (SSSR count). The highest BCUT2D eigenvalue weighted by Gasteiger charge is 2.23. The van der Waals surface area contributed by atoms with E-state index >= 15 is 0 Å². The summed E-state index contributed by atoms with van der Waals surface area (Å²) in [4.78, 5) is 28.5. The van der Waals surface area contributed by atoms with Gasteiger partial charge in [-0.05, 0) is 35.9 Å². The van der Waals surface area contributed by atoms with E-state index in [0.717, 1.165) is 12.0 Å². The Balaban J connectivity index is 1.65. The third-order valence-electron chi connectivity index (χ3n) is 4.79. The fourth-order valence-electron chi connectivity index (χ4n) is 3.27. The molecule has 150 valence electrons. The molecule has 1 aromatic heterocycles. The van der Waals surface area contributed by atoms with E-state index in [1.54, 1.807) is 9.58 Å². The fourth-order valence-corrected chi connectivity index (χ4v) is 3.27. The van der Waals surface area contributed by atoms with Crippen molar-refractivity contribution in [2.24, 2.45) is 5.92 Å². The molecule has 2 aromatic rings. The van der Waals surface area contributed by atoms with Gasteiger partial charge in [0.05, 0.1) is 0 Å². The molecule has 1 aliphatic heterocycles. The number of nitrogens with one attached hydrogen (secondary N) is 1. The molecule has 1 aliphatic rings. The number of carbonyl (C=O) groups excluding carboxylic acids is 2. The Kier molecular flexibility index (Phi) is 6.23. The van der Waals surface area contributed by atoms with Crippen LogP contribution >= 0.6 is 0 Å². The molecule has 0 bridgehead atoms. The molecule has 0 saturated carbocycles. The van der Waals surface area contributed by atoms with E-state index < -0.39 is 0 Å². The van der Waals surface area contributed by atoms with Crippen LogP contribution in [0.4, 0.5) is 10.5 Å². The van der Waals surface area contributed by atoms with Crippen LogP contribution in [0.25, 0.3) is 11.4 Å². The SMILES string of the molecule is CCn1nnnc1-c1cccc(NC(=O)N2CCCN(C(=O)C(C)C)CC2)c1. The predicted octanol–water partition coefficient (Wildman–Crippen LogP) is 2.08. The minimum absolute atomic E-state index is 0.0252. The summed E-state index contributed by atoms with van der Waals surface area (Å²) in [6.07, 6.45) is 0.775. The maximum Gasteiger partial charge on any atom is 0.321 e. The molecular formula is C19H27N7O2. The van der Waals surface area contributed by atoms with Gasteiger partial charge in [-0.2, -0.15) is 0 Å². The normalized spacial score (nSPS) is 14.9. The molecule has 1 aromatic carbocycles. The van der Waals surface area contributed by atoms with Crippen molar-refractivity contribution in [1.29, 1.82) is 0 Å². The monoisotopic (exact) mass is 385 g/mol. The van der Waals surface area contributed by atoms with Gasteiger partial charge in [0.2, 0.25) is 5.91 Å². The Hall–Kier alpha value is -2.97. The lowest BCUT2D eigenvalue weighted by Crippen LogP contribution is -2.40. The second kappa shape index (κ2) is 8.81. The summed E-state index contributed by atoms with van der Waals surface area (Å²) in [5, 5.41) is 14.7. The third kappa shape index (κ3) is 4.47. The van der Waals surface area contributed by atoms with Crippen LogP contribution in [0.15, 0.2) is 24.3 Å². The van der Waals surface area contributed by atoms with E-state index in [1.807, 2.05) is 49.9 Å². The van der Waals surface area contributed by atoms with E-state index in [2.05, 4.69) is 20.8 Å². The first kappa shape index (κ1) is 19.8. The largest absolute Gasteiger partial charge is 0.341 e. The molecule has 3 amide bonds. The number of urea groups is 1. The van der Waals surface area contributed by atoms with Crippen molar-refractivity contribution in [3.05, 3.63) is 24.3 Å². The van der Waals surface area contributed by atoms with Crippen LogP contribution in [0.3, 0.4) is 0 Å². The van der Waals surface area contributed by atoms with Gasteiger partial charge < -0.3 is 15.1 Å². The summed E-state index contributed by atoms with van der Waals surface area (Å²) in [5.74, 6) is 0.780. The van der Waals surface area contributed by atoms with Crippen molar-refractivity contribution in [1.82, 2.24) is 30.0 Å². The zero-order valence-corrected chi connectivity index (χ0v) is 16.6. The van der Waals surface area contributed by atoms with Gasteiger partial charge >= 0.3 is 6.03 Å². The molecule has 28 heavy (non-hydrogen) atoms. The summed E-state index contributed by atoms with van der Waals surface area (Å²) in [6.45, 7) is 8.85. The molecule has 0 spiro atoms. The highest BCUT2D eigenvalue weighted by Crippen LogP contribution is 2.20. The molecule has 9 nitrogen and oxygen atoms in total. The van der Waals surface area contributed by atoms with E-state index in [0.29, 0.717) is 44.2 Å². The standard InChI is InChI=1S/C19H27N7O2/c1-4-26-17(21-22-23-26)15-7-5-8-16(13-15)20-19(28)25-10-6-9-24(11-12-25)18(27)14(2)3/h5,7-8,13-14H,4,6,9-12H2,1-3H3,(H,20,28). The maximum absolute atomic E-state index is 12.7. The van der Waals surface area contributed by atoms with E-state index in [-0.39, 0.29) is 17.9 Å². The van der Waals surface area contributed by atoms with Crippen LogP contribution in [-0.4, -0.2) is 68.1 Å². The van der Waals surface area contributed by atoms with Gasteiger partial charge in [-0.3, -0.25) is 4.79 Å². The molecule has 1 N–H and O–H groups in total.